The van der Waals surface area contributed by atoms with E-state index in [1.54, 1.807) is 0 Å². The van der Waals surface area contributed by atoms with Gasteiger partial charge in [0.2, 0.25) is 0 Å². The van der Waals surface area contributed by atoms with Crippen LogP contribution in [0.4, 0.5) is 0 Å². The maximum atomic E-state index is 9.09. The van der Waals surface area contributed by atoms with Crippen molar-refractivity contribution in [3.63, 3.8) is 0 Å². The summed E-state index contributed by atoms with van der Waals surface area (Å²) in [6.07, 6.45) is 4.84. The molecule has 3 heteroatoms. The molecule has 0 aliphatic heterocycles. The van der Waals surface area contributed by atoms with Crippen LogP contribution >= 0.6 is 0 Å². The Morgan fingerprint density at radius 2 is 2.26 bits per heavy atom. The molecule has 1 N–H and O–H groups in total. The van der Waals surface area contributed by atoms with E-state index in [4.69, 9.17) is 5.26 Å². The van der Waals surface area contributed by atoms with Gasteiger partial charge in [0.05, 0.1) is 11.6 Å². The van der Waals surface area contributed by atoms with Crippen LogP contribution in [0, 0.1) is 17.2 Å². The summed E-state index contributed by atoms with van der Waals surface area (Å²) in [7, 11) is 0. The Hall–Kier alpha value is -1.79. The monoisotopic (exact) mass is 253 g/mol. The molecule has 3 nitrogen and oxygen atoms in total. The highest BCUT2D eigenvalue weighted by Gasteiger charge is 2.27. The summed E-state index contributed by atoms with van der Waals surface area (Å²) in [5.41, 5.74) is 1.91. The first-order valence-electron chi connectivity index (χ1n) is 7.01. The number of nitrogens with one attached hydrogen (secondary N) is 1. The third-order valence-electron chi connectivity index (χ3n) is 4.08. The van der Waals surface area contributed by atoms with Gasteiger partial charge in [0.1, 0.15) is 0 Å². The molecule has 1 heterocycles. The van der Waals surface area contributed by atoms with Crippen molar-refractivity contribution in [2.75, 3.05) is 6.54 Å². The minimum atomic E-state index is 0.636. The van der Waals surface area contributed by atoms with Crippen molar-refractivity contribution in [1.29, 1.82) is 5.26 Å². The van der Waals surface area contributed by atoms with E-state index in [2.05, 4.69) is 35.1 Å². The van der Waals surface area contributed by atoms with E-state index in [0.717, 1.165) is 35.5 Å². The summed E-state index contributed by atoms with van der Waals surface area (Å²) in [5, 5.41) is 13.7. The summed E-state index contributed by atoms with van der Waals surface area (Å²) in [6, 6.07) is 10.8. The second-order valence-corrected chi connectivity index (χ2v) is 5.44. The quantitative estimate of drug-likeness (QED) is 0.890. The smallest absolute Gasteiger partial charge is 0.0998 e. The summed E-state index contributed by atoms with van der Waals surface area (Å²) in [5.74, 6) is 0.895. The Balaban J connectivity index is 1.69. The van der Waals surface area contributed by atoms with E-state index in [1.165, 1.54) is 12.8 Å². The van der Waals surface area contributed by atoms with E-state index >= 15 is 0 Å². The highest BCUT2D eigenvalue weighted by Crippen LogP contribution is 2.32. The first-order valence-corrected chi connectivity index (χ1v) is 7.01. The minimum Gasteiger partial charge on any atom is -0.346 e. The molecule has 1 aromatic carbocycles. The van der Waals surface area contributed by atoms with E-state index < -0.39 is 0 Å². The van der Waals surface area contributed by atoms with Crippen molar-refractivity contribution in [2.45, 2.75) is 32.4 Å². The second kappa shape index (κ2) is 5.07. The van der Waals surface area contributed by atoms with Crippen LogP contribution in [0.25, 0.3) is 10.9 Å². The maximum Gasteiger partial charge on any atom is 0.0998 e. The Bertz CT molecular complexity index is 616. The van der Waals surface area contributed by atoms with Gasteiger partial charge in [-0.05, 0) is 43.9 Å². The molecule has 1 aliphatic rings. The Morgan fingerprint density at radius 3 is 3.00 bits per heavy atom. The zero-order valence-electron chi connectivity index (χ0n) is 11.3. The third-order valence-corrected chi connectivity index (χ3v) is 4.08. The van der Waals surface area contributed by atoms with Crippen LogP contribution in [0.2, 0.25) is 0 Å². The number of nitrogens with zero attached hydrogens (tertiary/aromatic N) is 2. The van der Waals surface area contributed by atoms with Gasteiger partial charge in [0.25, 0.3) is 0 Å². The van der Waals surface area contributed by atoms with Crippen molar-refractivity contribution in [3.8, 4) is 6.07 Å². The van der Waals surface area contributed by atoms with Crippen LogP contribution in [-0.4, -0.2) is 17.2 Å². The van der Waals surface area contributed by atoms with Crippen molar-refractivity contribution in [3.05, 3.63) is 36.0 Å². The number of benzene rings is 1. The first kappa shape index (κ1) is 12.3. The van der Waals surface area contributed by atoms with Crippen LogP contribution in [0.5, 0.6) is 0 Å². The molecule has 0 amide bonds. The third kappa shape index (κ3) is 2.50. The van der Waals surface area contributed by atoms with Gasteiger partial charge in [-0.1, -0.05) is 6.07 Å². The number of aromatic nitrogens is 1. The molecular formula is C16H19N3. The maximum absolute atomic E-state index is 9.09. The Morgan fingerprint density at radius 1 is 1.42 bits per heavy atom. The fraction of sp³-hybridized carbons (Fsp3) is 0.438. The predicted molar refractivity (Wildman–Crippen MR) is 76.8 cm³/mol. The lowest BCUT2D eigenvalue weighted by atomic mass is 10.1. The molecule has 0 radical (unpaired) electrons. The zero-order valence-corrected chi connectivity index (χ0v) is 11.3. The lowest BCUT2D eigenvalue weighted by Gasteiger charge is -2.13. The summed E-state index contributed by atoms with van der Waals surface area (Å²) in [4.78, 5) is 0. The molecule has 1 unspecified atom stereocenters. The van der Waals surface area contributed by atoms with Crippen LogP contribution < -0.4 is 5.32 Å². The highest BCUT2D eigenvalue weighted by atomic mass is 15.0. The van der Waals surface area contributed by atoms with Crippen molar-refractivity contribution in [1.82, 2.24) is 9.88 Å². The molecule has 0 bridgehead atoms. The van der Waals surface area contributed by atoms with Gasteiger partial charge < -0.3 is 9.88 Å². The number of hydrogen-bond acceptors (Lipinski definition) is 2. The van der Waals surface area contributed by atoms with Gasteiger partial charge >= 0.3 is 0 Å². The molecule has 1 fully saturated rings. The fourth-order valence-corrected chi connectivity index (χ4v) is 2.69. The van der Waals surface area contributed by atoms with Crippen molar-refractivity contribution < 1.29 is 0 Å². The average molecular weight is 253 g/mol. The minimum absolute atomic E-state index is 0.636. The second-order valence-electron chi connectivity index (χ2n) is 5.44. The van der Waals surface area contributed by atoms with E-state index in [0.29, 0.717) is 6.04 Å². The van der Waals surface area contributed by atoms with Gasteiger partial charge in [-0.3, -0.25) is 0 Å². The molecule has 19 heavy (non-hydrogen) atoms. The molecule has 0 saturated heterocycles. The van der Waals surface area contributed by atoms with Crippen molar-refractivity contribution in [2.24, 2.45) is 5.92 Å². The molecule has 1 saturated carbocycles. The van der Waals surface area contributed by atoms with Gasteiger partial charge in [0.15, 0.2) is 0 Å². The topological polar surface area (TPSA) is 40.8 Å². The van der Waals surface area contributed by atoms with Crippen LogP contribution in [0.1, 0.15) is 25.3 Å². The standard InChI is InChI=1S/C16H19N3/c1-12(13-5-6-13)18-8-10-19-9-7-15-14(11-17)3-2-4-16(15)19/h2-4,7,9,12-13,18H,5-6,8,10H2,1H3. The fourth-order valence-electron chi connectivity index (χ4n) is 2.69. The summed E-state index contributed by atoms with van der Waals surface area (Å²) >= 11 is 0. The Kier molecular flexibility index (Phi) is 3.27. The zero-order chi connectivity index (χ0) is 13.2. The van der Waals surface area contributed by atoms with Crippen molar-refractivity contribution >= 4 is 10.9 Å². The molecule has 1 atom stereocenters. The molecule has 0 spiro atoms. The SMILES string of the molecule is CC(NCCn1ccc2c(C#N)cccc21)C1CC1. The van der Waals surface area contributed by atoms with Gasteiger partial charge in [-0.25, -0.2) is 0 Å². The molecule has 3 rings (SSSR count). The summed E-state index contributed by atoms with van der Waals surface area (Å²) in [6.45, 7) is 4.22. The average Bonchev–Trinajstić information content (AvgIpc) is 3.20. The Labute approximate surface area is 113 Å². The lowest BCUT2D eigenvalue weighted by molar-refractivity contribution is 0.478. The van der Waals surface area contributed by atoms with Gasteiger partial charge in [0, 0.05) is 36.2 Å². The van der Waals surface area contributed by atoms with Crippen LogP contribution in [-0.2, 0) is 6.54 Å². The van der Waals surface area contributed by atoms with Gasteiger partial charge in [-0.15, -0.1) is 0 Å². The predicted octanol–water partition coefficient (Wildman–Crippen LogP) is 2.90. The normalized spacial score (nSPS) is 16.4. The molecule has 2 aromatic rings. The van der Waals surface area contributed by atoms with E-state index in [9.17, 15) is 0 Å². The van der Waals surface area contributed by atoms with Crippen LogP contribution in [0.15, 0.2) is 30.5 Å². The number of fused-ring (bicyclic) bond motifs is 1. The van der Waals surface area contributed by atoms with E-state index in [1.807, 2.05) is 18.2 Å². The van der Waals surface area contributed by atoms with Gasteiger partial charge in [-0.2, -0.15) is 5.26 Å². The molecular weight excluding hydrogens is 234 g/mol. The number of hydrogen-bond donors (Lipinski definition) is 1. The van der Waals surface area contributed by atoms with E-state index in [-0.39, 0.29) is 0 Å². The summed E-state index contributed by atoms with van der Waals surface area (Å²) < 4.78 is 2.22. The lowest BCUT2D eigenvalue weighted by Crippen LogP contribution is -2.30. The number of rotatable bonds is 5. The molecule has 1 aliphatic carbocycles. The molecule has 98 valence electrons. The first-order chi connectivity index (χ1) is 9.29. The highest BCUT2D eigenvalue weighted by molar-refractivity contribution is 5.85. The van der Waals surface area contributed by atoms with Crippen LogP contribution in [0.3, 0.4) is 0 Å². The molecule has 1 aromatic heterocycles. The largest absolute Gasteiger partial charge is 0.346 e. The number of nitriles is 1.